The molecule has 0 amide bonds. The van der Waals surface area contributed by atoms with Crippen LogP contribution in [0.5, 0.6) is 0 Å². The monoisotopic (exact) mass is 1420 g/mol. The van der Waals surface area contributed by atoms with Crippen molar-refractivity contribution in [3.8, 4) is 0 Å². The highest BCUT2D eigenvalue weighted by atomic mass is 31.2. The van der Waals surface area contributed by atoms with Gasteiger partial charge in [-0.3, -0.25) is 37.3 Å². The number of aliphatic hydroxyl groups is 1. The Labute approximate surface area is 594 Å². The molecule has 0 aromatic heterocycles. The van der Waals surface area contributed by atoms with Gasteiger partial charge in [0.25, 0.3) is 0 Å². The minimum atomic E-state index is -4.96. The number of carbonyl (C=O) groups is 4. The van der Waals surface area contributed by atoms with Gasteiger partial charge in [-0.2, -0.15) is 0 Å². The SMILES string of the molecule is CCCCCCCCCCCCCCCCCCCC(=O)OC[C@H](COP(=O)(O)OC[C@@H](O)COP(=O)(O)OC[C@@H](COC(=O)CCCCCCCCCCC)OC(=O)CCCCCCCCCCCCC(C)CC)OC(=O)CCCCCCCCCCCCCCCCC(C)C. The van der Waals surface area contributed by atoms with Crippen LogP contribution >= 0.6 is 15.6 Å². The molecule has 0 aliphatic heterocycles. The number of phosphoric ester groups is 2. The van der Waals surface area contributed by atoms with Gasteiger partial charge in [-0.1, -0.05) is 356 Å². The van der Waals surface area contributed by atoms with E-state index in [1.807, 2.05) is 0 Å². The van der Waals surface area contributed by atoms with E-state index in [1.54, 1.807) is 0 Å². The van der Waals surface area contributed by atoms with Gasteiger partial charge in [0, 0.05) is 25.7 Å². The third-order valence-electron chi connectivity index (χ3n) is 18.6. The van der Waals surface area contributed by atoms with Gasteiger partial charge in [0.2, 0.25) is 0 Å². The molecular formula is C78H152O17P2. The molecular weight excluding hydrogens is 1270 g/mol. The third kappa shape index (κ3) is 70.9. The first-order valence-corrected chi connectivity index (χ1v) is 43.5. The highest BCUT2D eigenvalue weighted by molar-refractivity contribution is 7.47. The molecule has 0 radical (unpaired) electrons. The lowest BCUT2D eigenvalue weighted by molar-refractivity contribution is -0.161. The second-order valence-corrected chi connectivity index (χ2v) is 31.7. The Balaban J connectivity index is 5.23. The second kappa shape index (κ2) is 69.8. The summed E-state index contributed by atoms with van der Waals surface area (Å²) >= 11 is 0. The zero-order valence-corrected chi connectivity index (χ0v) is 65.2. The molecule has 97 heavy (non-hydrogen) atoms. The predicted octanol–water partition coefficient (Wildman–Crippen LogP) is 23.1. The van der Waals surface area contributed by atoms with Crippen LogP contribution in [-0.2, 0) is 65.4 Å². The number of unbranched alkanes of at least 4 members (excludes halogenated alkanes) is 46. The van der Waals surface area contributed by atoms with Crippen LogP contribution in [-0.4, -0.2) is 96.7 Å². The Morgan fingerprint density at radius 2 is 0.526 bits per heavy atom. The van der Waals surface area contributed by atoms with Gasteiger partial charge in [0.15, 0.2) is 12.2 Å². The van der Waals surface area contributed by atoms with Crippen LogP contribution in [0.2, 0.25) is 0 Å². The third-order valence-corrected chi connectivity index (χ3v) is 20.5. The van der Waals surface area contributed by atoms with Crippen molar-refractivity contribution < 1.29 is 80.2 Å². The zero-order valence-electron chi connectivity index (χ0n) is 63.4. The molecule has 0 spiro atoms. The van der Waals surface area contributed by atoms with Crippen molar-refractivity contribution in [1.29, 1.82) is 0 Å². The molecule has 3 unspecified atom stereocenters. The first-order chi connectivity index (χ1) is 46.9. The van der Waals surface area contributed by atoms with Crippen LogP contribution in [0, 0.1) is 11.8 Å². The van der Waals surface area contributed by atoms with E-state index in [0.29, 0.717) is 25.7 Å². The number of carbonyl (C=O) groups excluding carboxylic acids is 4. The molecule has 0 heterocycles. The van der Waals surface area contributed by atoms with Gasteiger partial charge in [-0.25, -0.2) is 9.13 Å². The maximum absolute atomic E-state index is 13.1. The van der Waals surface area contributed by atoms with Gasteiger partial charge in [0.1, 0.15) is 19.3 Å². The number of phosphoric acid groups is 2. The van der Waals surface area contributed by atoms with Crippen molar-refractivity contribution in [2.75, 3.05) is 39.6 Å². The van der Waals surface area contributed by atoms with Crippen LogP contribution in [0.1, 0.15) is 408 Å². The van der Waals surface area contributed by atoms with E-state index in [-0.39, 0.29) is 25.7 Å². The number of hydrogen-bond donors (Lipinski definition) is 3. The fraction of sp³-hybridized carbons (Fsp3) is 0.949. The molecule has 17 nitrogen and oxygen atoms in total. The van der Waals surface area contributed by atoms with Crippen LogP contribution in [0.4, 0.5) is 0 Å². The Morgan fingerprint density at radius 3 is 0.784 bits per heavy atom. The van der Waals surface area contributed by atoms with E-state index in [9.17, 15) is 43.2 Å². The second-order valence-electron chi connectivity index (χ2n) is 28.8. The minimum absolute atomic E-state index is 0.106. The Morgan fingerprint density at radius 1 is 0.299 bits per heavy atom. The van der Waals surface area contributed by atoms with Crippen LogP contribution in [0.25, 0.3) is 0 Å². The van der Waals surface area contributed by atoms with Gasteiger partial charge in [-0.15, -0.1) is 0 Å². The van der Waals surface area contributed by atoms with Crippen molar-refractivity contribution in [2.24, 2.45) is 11.8 Å². The summed E-state index contributed by atoms with van der Waals surface area (Å²) < 4.78 is 68.6. The smallest absolute Gasteiger partial charge is 0.462 e. The van der Waals surface area contributed by atoms with Crippen LogP contribution in [0.3, 0.4) is 0 Å². The highest BCUT2D eigenvalue weighted by Crippen LogP contribution is 2.45. The number of esters is 4. The lowest BCUT2D eigenvalue weighted by Crippen LogP contribution is -2.30. The predicted molar refractivity (Wildman–Crippen MR) is 395 cm³/mol. The standard InChI is InChI=1S/C78H152O17P2/c1-7-10-12-14-16-18-19-20-21-22-23-27-30-37-43-49-55-61-76(81)89-67-74(94-77(82)62-56-50-44-38-31-28-25-24-26-29-35-40-46-52-58-70(4)5)69-93-97(86,87)91-65-72(79)64-90-96(84,85)92-68-73(66-88-75(80)60-54-48-42-34-17-15-13-11-8-2)95-78(83)63-57-51-45-39-33-32-36-41-47-53-59-71(6)9-3/h70-74,79H,7-69H2,1-6H3,(H,84,85)(H,86,87)/t71?,72-,73+,74+/m0/s1. The summed E-state index contributed by atoms with van der Waals surface area (Å²) in [7, 11) is -9.91. The summed E-state index contributed by atoms with van der Waals surface area (Å²) in [6.07, 6.45) is 58.1. The number of rotatable bonds is 77. The van der Waals surface area contributed by atoms with Gasteiger partial charge >= 0.3 is 39.5 Å². The molecule has 0 aromatic rings. The van der Waals surface area contributed by atoms with Gasteiger partial charge in [-0.05, 0) is 37.5 Å². The quantitative estimate of drug-likeness (QED) is 0.0222. The van der Waals surface area contributed by atoms with E-state index in [4.69, 9.17) is 37.0 Å². The summed E-state index contributed by atoms with van der Waals surface area (Å²) in [5.74, 6) is -0.515. The van der Waals surface area contributed by atoms with E-state index in [0.717, 1.165) is 102 Å². The molecule has 19 heteroatoms. The first kappa shape index (κ1) is 95.1. The van der Waals surface area contributed by atoms with Crippen molar-refractivity contribution in [3.05, 3.63) is 0 Å². The number of hydrogen-bond acceptors (Lipinski definition) is 15. The number of aliphatic hydroxyl groups excluding tert-OH is 1. The van der Waals surface area contributed by atoms with Crippen LogP contribution < -0.4 is 0 Å². The maximum atomic E-state index is 13.1. The number of ether oxygens (including phenoxy) is 4. The first-order valence-electron chi connectivity index (χ1n) is 40.5. The molecule has 0 bridgehead atoms. The normalized spacial score (nSPS) is 14.2. The Kier molecular flexibility index (Phi) is 68.4. The van der Waals surface area contributed by atoms with Crippen LogP contribution in [0.15, 0.2) is 0 Å². The van der Waals surface area contributed by atoms with E-state index in [2.05, 4.69) is 41.5 Å². The van der Waals surface area contributed by atoms with E-state index >= 15 is 0 Å². The molecule has 0 aliphatic carbocycles. The molecule has 0 saturated heterocycles. The molecule has 0 aliphatic rings. The summed E-state index contributed by atoms with van der Waals surface area (Å²) in [5.41, 5.74) is 0. The van der Waals surface area contributed by atoms with Crippen molar-refractivity contribution >= 4 is 39.5 Å². The van der Waals surface area contributed by atoms with E-state index < -0.39 is 97.5 Å². The molecule has 0 aromatic carbocycles. The fourth-order valence-corrected chi connectivity index (χ4v) is 13.6. The molecule has 0 saturated carbocycles. The summed E-state index contributed by atoms with van der Waals surface area (Å²) in [6.45, 7) is 9.65. The molecule has 0 rings (SSSR count). The summed E-state index contributed by atoms with van der Waals surface area (Å²) in [5, 5.41) is 10.6. The van der Waals surface area contributed by atoms with Gasteiger partial charge < -0.3 is 33.8 Å². The largest absolute Gasteiger partial charge is 0.472 e. The average Bonchev–Trinajstić information content (AvgIpc) is 2.00. The molecule has 3 N–H and O–H groups in total. The molecule has 6 atom stereocenters. The average molecular weight is 1420 g/mol. The topological polar surface area (TPSA) is 237 Å². The van der Waals surface area contributed by atoms with Crippen molar-refractivity contribution in [2.45, 2.75) is 426 Å². The van der Waals surface area contributed by atoms with Gasteiger partial charge in [0.05, 0.1) is 26.4 Å². The zero-order chi connectivity index (χ0) is 71.4. The minimum Gasteiger partial charge on any atom is -0.462 e. The molecule has 576 valence electrons. The highest BCUT2D eigenvalue weighted by Gasteiger charge is 2.30. The lowest BCUT2D eigenvalue weighted by Gasteiger charge is -2.21. The summed E-state index contributed by atoms with van der Waals surface area (Å²) in [4.78, 5) is 72.9. The lowest BCUT2D eigenvalue weighted by atomic mass is 9.99. The summed E-state index contributed by atoms with van der Waals surface area (Å²) in [6, 6.07) is 0. The maximum Gasteiger partial charge on any atom is 0.472 e. The van der Waals surface area contributed by atoms with E-state index in [1.165, 1.54) is 225 Å². The Hall–Kier alpha value is -1.94. The Bertz CT molecular complexity index is 1870. The van der Waals surface area contributed by atoms with Crippen molar-refractivity contribution in [3.63, 3.8) is 0 Å². The van der Waals surface area contributed by atoms with Crippen molar-refractivity contribution in [1.82, 2.24) is 0 Å². The fourth-order valence-electron chi connectivity index (χ4n) is 12.0. The molecule has 0 fully saturated rings.